The number of nitro groups is 1. The van der Waals surface area contributed by atoms with Crippen LogP contribution in [0.5, 0.6) is 5.75 Å². The normalized spacial score (nSPS) is 32.7. The lowest BCUT2D eigenvalue weighted by Crippen LogP contribution is -2.60. The van der Waals surface area contributed by atoms with Crippen LogP contribution in [0.4, 0.5) is 5.69 Å². The molecule has 1 saturated heterocycles. The Morgan fingerprint density at radius 3 is 2.29 bits per heavy atom. The molecule has 1 aromatic carbocycles. The Hall–Kier alpha value is -1.78. The molecule has 5 atom stereocenters. The Labute approximate surface area is 119 Å². The molecule has 0 spiro atoms. The van der Waals surface area contributed by atoms with Crippen LogP contribution in [-0.4, -0.2) is 62.7 Å². The lowest BCUT2D eigenvalue weighted by atomic mass is 9.99. The summed E-state index contributed by atoms with van der Waals surface area (Å²) < 4.78 is 10.4. The SMILES string of the molecule is O=[N+]([O-])c1ccc(O[C@@H]2OC(CO)C(O)C(O)C2O)cc1. The number of hydrogen-bond acceptors (Lipinski definition) is 8. The summed E-state index contributed by atoms with van der Waals surface area (Å²) in [7, 11) is 0. The molecule has 9 nitrogen and oxygen atoms in total. The largest absolute Gasteiger partial charge is 0.462 e. The van der Waals surface area contributed by atoms with Crippen molar-refractivity contribution in [2.75, 3.05) is 6.61 Å². The van der Waals surface area contributed by atoms with E-state index in [-0.39, 0.29) is 11.4 Å². The maximum absolute atomic E-state index is 10.5. The lowest BCUT2D eigenvalue weighted by Gasteiger charge is -2.39. The summed E-state index contributed by atoms with van der Waals surface area (Å²) in [4.78, 5) is 9.95. The standard InChI is InChI=1S/C12H15NO8/c14-5-8-9(15)10(16)11(17)12(21-8)20-7-3-1-6(2-4-7)13(18)19/h1-4,8-12,14-17H,5H2/t8?,9?,10?,11?,12-/m1/s1. The fraction of sp³-hybridized carbons (Fsp3) is 0.500. The van der Waals surface area contributed by atoms with Crippen molar-refractivity contribution in [3.05, 3.63) is 34.4 Å². The molecular formula is C12H15NO8. The van der Waals surface area contributed by atoms with Crippen molar-refractivity contribution >= 4 is 5.69 Å². The molecule has 1 aliphatic rings. The average molecular weight is 301 g/mol. The van der Waals surface area contributed by atoms with Crippen LogP contribution in [0.25, 0.3) is 0 Å². The average Bonchev–Trinajstić information content (AvgIpc) is 2.48. The van der Waals surface area contributed by atoms with Crippen molar-refractivity contribution in [2.24, 2.45) is 0 Å². The van der Waals surface area contributed by atoms with E-state index in [4.69, 9.17) is 14.6 Å². The summed E-state index contributed by atoms with van der Waals surface area (Å²) in [6, 6.07) is 5.03. The highest BCUT2D eigenvalue weighted by Gasteiger charge is 2.44. The van der Waals surface area contributed by atoms with Gasteiger partial charge in [0.1, 0.15) is 30.2 Å². The zero-order valence-corrected chi connectivity index (χ0v) is 10.8. The summed E-state index contributed by atoms with van der Waals surface area (Å²) in [5.41, 5.74) is -0.129. The molecule has 4 unspecified atom stereocenters. The third-order valence-corrected chi connectivity index (χ3v) is 3.15. The van der Waals surface area contributed by atoms with Gasteiger partial charge in [-0.05, 0) is 12.1 Å². The third kappa shape index (κ3) is 3.28. The first kappa shape index (κ1) is 15.6. The Morgan fingerprint density at radius 2 is 1.76 bits per heavy atom. The van der Waals surface area contributed by atoms with Gasteiger partial charge in [0.25, 0.3) is 5.69 Å². The van der Waals surface area contributed by atoms with Crippen LogP contribution in [0.2, 0.25) is 0 Å². The number of ether oxygens (including phenoxy) is 2. The van der Waals surface area contributed by atoms with Gasteiger partial charge in [0.05, 0.1) is 11.5 Å². The van der Waals surface area contributed by atoms with Crippen LogP contribution >= 0.6 is 0 Å². The van der Waals surface area contributed by atoms with Gasteiger partial charge in [-0.25, -0.2) is 0 Å². The van der Waals surface area contributed by atoms with Crippen molar-refractivity contribution in [1.29, 1.82) is 0 Å². The molecule has 4 N–H and O–H groups in total. The van der Waals surface area contributed by atoms with Gasteiger partial charge >= 0.3 is 0 Å². The summed E-state index contributed by atoms with van der Waals surface area (Å²) >= 11 is 0. The fourth-order valence-corrected chi connectivity index (χ4v) is 1.95. The minimum absolute atomic E-state index is 0.129. The number of non-ortho nitro benzene ring substituents is 1. The Kier molecular flexibility index (Phi) is 4.70. The summed E-state index contributed by atoms with van der Waals surface area (Å²) in [5, 5.41) is 48.6. The molecule has 1 fully saturated rings. The molecule has 0 saturated carbocycles. The predicted octanol–water partition coefficient (Wildman–Crippen LogP) is -1.23. The number of nitro benzene ring substituents is 1. The van der Waals surface area contributed by atoms with E-state index in [2.05, 4.69) is 0 Å². The van der Waals surface area contributed by atoms with E-state index in [1.54, 1.807) is 0 Å². The van der Waals surface area contributed by atoms with Crippen molar-refractivity contribution < 1.29 is 34.8 Å². The molecule has 0 radical (unpaired) electrons. The second-order valence-corrected chi connectivity index (χ2v) is 4.57. The van der Waals surface area contributed by atoms with Crippen LogP contribution in [0, 0.1) is 10.1 Å². The number of benzene rings is 1. The summed E-state index contributed by atoms with van der Waals surface area (Å²) in [6.07, 6.45) is -6.94. The van der Waals surface area contributed by atoms with Gasteiger partial charge in [-0.3, -0.25) is 10.1 Å². The third-order valence-electron chi connectivity index (χ3n) is 3.15. The molecule has 116 valence electrons. The van der Waals surface area contributed by atoms with Gasteiger partial charge in [-0.15, -0.1) is 0 Å². The van der Waals surface area contributed by atoms with E-state index >= 15 is 0 Å². The van der Waals surface area contributed by atoms with Gasteiger partial charge < -0.3 is 29.9 Å². The Bertz CT molecular complexity index is 491. The van der Waals surface area contributed by atoms with E-state index in [9.17, 15) is 25.4 Å². The highest BCUT2D eigenvalue weighted by molar-refractivity contribution is 5.36. The molecular weight excluding hydrogens is 286 g/mol. The molecule has 2 rings (SSSR count). The summed E-state index contributed by atoms with van der Waals surface area (Å²) in [5.74, 6) is 0.171. The molecule has 0 amide bonds. The second-order valence-electron chi connectivity index (χ2n) is 4.57. The van der Waals surface area contributed by atoms with Crippen LogP contribution in [0.15, 0.2) is 24.3 Å². The van der Waals surface area contributed by atoms with Gasteiger partial charge in [0, 0.05) is 12.1 Å². The van der Waals surface area contributed by atoms with Gasteiger partial charge in [-0.1, -0.05) is 0 Å². The smallest absolute Gasteiger partial charge is 0.269 e. The lowest BCUT2D eigenvalue weighted by molar-refractivity contribution is -0.384. The molecule has 0 bridgehead atoms. The highest BCUT2D eigenvalue weighted by atomic mass is 16.7. The van der Waals surface area contributed by atoms with Crippen LogP contribution < -0.4 is 4.74 Å². The van der Waals surface area contributed by atoms with Crippen molar-refractivity contribution in [3.63, 3.8) is 0 Å². The molecule has 0 aromatic heterocycles. The Balaban J connectivity index is 2.08. The fourth-order valence-electron chi connectivity index (χ4n) is 1.95. The predicted molar refractivity (Wildman–Crippen MR) is 67.5 cm³/mol. The van der Waals surface area contributed by atoms with E-state index in [0.717, 1.165) is 0 Å². The molecule has 21 heavy (non-hydrogen) atoms. The van der Waals surface area contributed by atoms with E-state index in [0.29, 0.717) is 0 Å². The topological polar surface area (TPSA) is 143 Å². The first-order valence-electron chi connectivity index (χ1n) is 6.15. The van der Waals surface area contributed by atoms with Crippen LogP contribution in [0.1, 0.15) is 0 Å². The van der Waals surface area contributed by atoms with Crippen LogP contribution in [0.3, 0.4) is 0 Å². The minimum atomic E-state index is -1.54. The number of rotatable bonds is 4. The van der Waals surface area contributed by atoms with Gasteiger partial charge in [-0.2, -0.15) is 0 Å². The number of aliphatic hydroxyl groups is 4. The van der Waals surface area contributed by atoms with Gasteiger partial charge in [0.2, 0.25) is 6.29 Å². The monoisotopic (exact) mass is 301 g/mol. The number of nitrogens with zero attached hydrogens (tertiary/aromatic N) is 1. The van der Waals surface area contributed by atoms with Crippen molar-refractivity contribution in [2.45, 2.75) is 30.7 Å². The van der Waals surface area contributed by atoms with Gasteiger partial charge in [0.15, 0.2) is 0 Å². The zero-order valence-electron chi connectivity index (χ0n) is 10.8. The number of aliphatic hydroxyl groups excluding tert-OH is 4. The molecule has 1 aliphatic heterocycles. The summed E-state index contributed by atoms with van der Waals surface area (Å²) in [6.45, 7) is -0.564. The molecule has 0 aliphatic carbocycles. The second kappa shape index (κ2) is 6.33. The molecule has 1 aromatic rings. The maximum atomic E-state index is 10.5. The first-order valence-corrected chi connectivity index (χ1v) is 6.15. The molecule has 9 heteroatoms. The van der Waals surface area contributed by atoms with Crippen LogP contribution in [-0.2, 0) is 4.74 Å². The van der Waals surface area contributed by atoms with E-state index < -0.39 is 42.2 Å². The first-order chi connectivity index (χ1) is 9.93. The quantitative estimate of drug-likeness (QED) is 0.400. The van der Waals surface area contributed by atoms with E-state index in [1.807, 2.05) is 0 Å². The number of hydrogen-bond donors (Lipinski definition) is 4. The minimum Gasteiger partial charge on any atom is -0.462 e. The van der Waals surface area contributed by atoms with Crippen molar-refractivity contribution in [1.82, 2.24) is 0 Å². The maximum Gasteiger partial charge on any atom is 0.269 e. The van der Waals surface area contributed by atoms with Crippen molar-refractivity contribution in [3.8, 4) is 5.75 Å². The Morgan fingerprint density at radius 1 is 1.14 bits per heavy atom. The highest BCUT2D eigenvalue weighted by Crippen LogP contribution is 2.25. The van der Waals surface area contributed by atoms with E-state index in [1.165, 1.54) is 24.3 Å². The zero-order chi connectivity index (χ0) is 15.6. The molecule has 1 heterocycles.